The minimum atomic E-state index is -1.29. The number of aliphatic hydroxyl groups is 1. The summed E-state index contributed by atoms with van der Waals surface area (Å²) in [6.45, 7) is 6.43. The highest BCUT2D eigenvalue weighted by atomic mass is 16.6. The summed E-state index contributed by atoms with van der Waals surface area (Å²) in [5.74, 6) is -0.451. The predicted octanol–water partition coefficient (Wildman–Crippen LogP) is 2.57. The van der Waals surface area contributed by atoms with Crippen molar-refractivity contribution in [2.45, 2.75) is 25.6 Å². The van der Waals surface area contributed by atoms with E-state index < -0.39 is 17.7 Å². The second-order valence-corrected chi connectivity index (χ2v) is 4.24. The van der Waals surface area contributed by atoms with E-state index in [1.54, 1.807) is 19.1 Å². The third-order valence-electron chi connectivity index (χ3n) is 2.50. The highest BCUT2D eigenvalue weighted by Crippen LogP contribution is 2.18. The fourth-order valence-corrected chi connectivity index (χ4v) is 1.51. The standard InChI is InChI=1S/C15H18O3/c1-4-14(18-12(2)16)15(3,17)11-10-13-8-6-5-7-9-13/h4-11,14,17H,1H2,2-3H3/b11-10+/t14-,15+/m0/s1. The molecule has 0 aromatic heterocycles. The second-order valence-electron chi connectivity index (χ2n) is 4.24. The van der Waals surface area contributed by atoms with Gasteiger partial charge in [-0.1, -0.05) is 43.0 Å². The molecule has 0 fully saturated rings. The first kappa shape index (κ1) is 14.2. The zero-order valence-corrected chi connectivity index (χ0v) is 10.7. The van der Waals surface area contributed by atoms with Crippen molar-refractivity contribution in [3.63, 3.8) is 0 Å². The summed E-state index contributed by atoms with van der Waals surface area (Å²) in [7, 11) is 0. The Morgan fingerprint density at radius 3 is 2.56 bits per heavy atom. The summed E-state index contributed by atoms with van der Waals surface area (Å²) in [5.41, 5.74) is -0.327. The normalized spacial score (nSPS) is 15.9. The average Bonchev–Trinajstić information content (AvgIpc) is 2.34. The third kappa shape index (κ3) is 4.18. The highest BCUT2D eigenvalue weighted by molar-refractivity contribution is 5.66. The van der Waals surface area contributed by atoms with Gasteiger partial charge in [0.2, 0.25) is 0 Å². The molecule has 18 heavy (non-hydrogen) atoms. The number of esters is 1. The van der Waals surface area contributed by atoms with Crippen molar-refractivity contribution < 1.29 is 14.6 Å². The Labute approximate surface area is 107 Å². The molecular formula is C15H18O3. The van der Waals surface area contributed by atoms with E-state index in [9.17, 15) is 9.90 Å². The molecule has 0 aliphatic rings. The summed E-state index contributed by atoms with van der Waals surface area (Å²) < 4.78 is 4.99. The summed E-state index contributed by atoms with van der Waals surface area (Å²) in [4.78, 5) is 10.9. The molecule has 0 radical (unpaired) electrons. The lowest BCUT2D eigenvalue weighted by molar-refractivity contribution is -0.152. The van der Waals surface area contributed by atoms with Crippen LogP contribution < -0.4 is 0 Å². The number of rotatable bonds is 5. The molecule has 0 heterocycles. The van der Waals surface area contributed by atoms with Crippen LogP contribution in [0.3, 0.4) is 0 Å². The van der Waals surface area contributed by atoms with Gasteiger partial charge in [0.05, 0.1) is 0 Å². The van der Waals surface area contributed by atoms with E-state index in [-0.39, 0.29) is 0 Å². The van der Waals surface area contributed by atoms with Crippen LogP contribution in [0.1, 0.15) is 19.4 Å². The predicted molar refractivity (Wildman–Crippen MR) is 71.9 cm³/mol. The number of carbonyl (C=O) groups is 1. The minimum Gasteiger partial charge on any atom is -0.455 e. The number of ether oxygens (including phenoxy) is 1. The van der Waals surface area contributed by atoms with Crippen LogP contribution >= 0.6 is 0 Å². The lowest BCUT2D eigenvalue weighted by atomic mass is 9.97. The second kappa shape index (κ2) is 6.17. The fraction of sp³-hybridized carbons (Fsp3) is 0.267. The SMILES string of the molecule is C=C[C@H](OC(C)=O)[C@](C)(O)/C=C/c1ccccc1. The van der Waals surface area contributed by atoms with Crippen LogP contribution in [-0.4, -0.2) is 22.8 Å². The number of benzene rings is 1. The molecule has 0 spiro atoms. The Morgan fingerprint density at radius 2 is 2.06 bits per heavy atom. The molecule has 0 bridgehead atoms. The van der Waals surface area contributed by atoms with Crippen molar-refractivity contribution in [2.75, 3.05) is 0 Å². The van der Waals surface area contributed by atoms with E-state index in [4.69, 9.17) is 4.74 Å². The molecule has 2 atom stereocenters. The van der Waals surface area contributed by atoms with Gasteiger partial charge in [-0.05, 0) is 24.6 Å². The van der Waals surface area contributed by atoms with Crippen LogP contribution in [-0.2, 0) is 9.53 Å². The van der Waals surface area contributed by atoms with Gasteiger partial charge in [0.1, 0.15) is 5.60 Å². The molecule has 1 N–H and O–H groups in total. The van der Waals surface area contributed by atoms with Gasteiger partial charge in [-0.15, -0.1) is 0 Å². The molecule has 0 unspecified atom stereocenters. The largest absolute Gasteiger partial charge is 0.455 e. The van der Waals surface area contributed by atoms with Gasteiger partial charge in [-0.25, -0.2) is 0 Å². The van der Waals surface area contributed by atoms with Crippen LogP contribution in [0.15, 0.2) is 49.1 Å². The van der Waals surface area contributed by atoms with E-state index in [1.165, 1.54) is 13.0 Å². The Hall–Kier alpha value is -1.87. The first-order valence-corrected chi connectivity index (χ1v) is 5.72. The molecule has 1 aromatic rings. The maximum absolute atomic E-state index is 10.9. The van der Waals surface area contributed by atoms with Crippen molar-refractivity contribution in [3.8, 4) is 0 Å². The lowest BCUT2D eigenvalue weighted by Crippen LogP contribution is -2.38. The Balaban J connectivity index is 2.82. The zero-order chi connectivity index (χ0) is 13.6. The monoisotopic (exact) mass is 246 g/mol. The zero-order valence-electron chi connectivity index (χ0n) is 10.7. The van der Waals surface area contributed by atoms with Gasteiger partial charge >= 0.3 is 5.97 Å². The molecule has 0 amide bonds. The fourth-order valence-electron chi connectivity index (χ4n) is 1.51. The molecule has 96 valence electrons. The van der Waals surface area contributed by atoms with Crippen molar-refractivity contribution in [1.29, 1.82) is 0 Å². The van der Waals surface area contributed by atoms with E-state index in [1.807, 2.05) is 30.3 Å². The Morgan fingerprint density at radius 1 is 1.44 bits per heavy atom. The first-order valence-electron chi connectivity index (χ1n) is 5.72. The topological polar surface area (TPSA) is 46.5 Å². The van der Waals surface area contributed by atoms with Gasteiger partial charge in [-0.3, -0.25) is 4.79 Å². The number of hydrogen-bond donors (Lipinski definition) is 1. The van der Waals surface area contributed by atoms with Crippen LogP contribution in [0.4, 0.5) is 0 Å². The van der Waals surface area contributed by atoms with Gasteiger partial charge in [0.25, 0.3) is 0 Å². The molecule has 1 rings (SSSR count). The maximum atomic E-state index is 10.9. The van der Waals surface area contributed by atoms with Gasteiger partial charge in [-0.2, -0.15) is 0 Å². The van der Waals surface area contributed by atoms with Gasteiger partial charge < -0.3 is 9.84 Å². The Bertz CT molecular complexity index is 432. The number of hydrogen-bond acceptors (Lipinski definition) is 3. The van der Waals surface area contributed by atoms with Gasteiger partial charge in [0, 0.05) is 6.92 Å². The van der Waals surface area contributed by atoms with Crippen molar-refractivity contribution in [1.82, 2.24) is 0 Å². The molecule has 0 saturated heterocycles. The molecule has 3 nitrogen and oxygen atoms in total. The third-order valence-corrected chi connectivity index (χ3v) is 2.50. The summed E-state index contributed by atoms with van der Waals surface area (Å²) in [5, 5.41) is 10.2. The van der Waals surface area contributed by atoms with Crippen LogP contribution in [0.5, 0.6) is 0 Å². The van der Waals surface area contributed by atoms with Crippen molar-refractivity contribution in [2.24, 2.45) is 0 Å². The van der Waals surface area contributed by atoms with Gasteiger partial charge in [0.15, 0.2) is 6.10 Å². The molecule has 3 heteroatoms. The molecule has 0 aliphatic carbocycles. The van der Waals surface area contributed by atoms with Crippen LogP contribution in [0, 0.1) is 0 Å². The van der Waals surface area contributed by atoms with E-state index in [2.05, 4.69) is 6.58 Å². The molecule has 1 aromatic carbocycles. The lowest BCUT2D eigenvalue weighted by Gasteiger charge is -2.27. The van der Waals surface area contributed by atoms with Crippen molar-refractivity contribution >= 4 is 12.0 Å². The molecule has 0 saturated carbocycles. The summed E-state index contributed by atoms with van der Waals surface area (Å²) in [6, 6.07) is 9.57. The highest BCUT2D eigenvalue weighted by Gasteiger charge is 2.29. The minimum absolute atomic E-state index is 0.451. The number of carbonyl (C=O) groups excluding carboxylic acids is 1. The van der Waals surface area contributed by atoms with Crippen LogP contribution in [0.2, 0.25) is 0 Å². The summed E-state index contributed by atoms with van der Waals surface area (Å²) in [6.07, 6.45) is 4.02. The van der Waals surface area contributed by atoms with Crippen molar-refractivity contribution in [3.05, 3.63) is 54.6 Å². The average molecular weight is 246 g/mol. The first-order chi connectivity index (χ1) is 8.45. The maximum Gasteiger partial charge on any atom is 0.303 e. The smallest absolute Gasteiger partial charge is 0.303 e. The van der Waals surface area contributed by atoms with E-state index in [0.717, 1.165) is 5.56 Å². The molecule has 0 aliphatic heterocycles. The Kier molecular flexibility index (Phi) is 4.86. The van der Waals surface area contributed by atoms with E-state index in [0.29, 0.717) is 0 Å². The quantitative estimate of drug-likeness (QED) is 0.641. The summed E-state index contributed by atoms with van der Waals surface area (Å²) >= 11 is 0. The van der Waals surface area contributed by atoms with E-state index >= 15 is 0 Å². The molecular weight excluding hydrogens is 228 g/mol. The van der Waals surface area contributed by atoms with Crippen LogP contribution in [0.25, 0.3) is 6.08 Å².